The molecule has 4 aromatic carbocycles. The molecule has 3 saturated heterocycles. The van der Waals surface area contributed by atoms with Crippen molar-refractivity contribution in [1.29, 1.82) is 0 Å². The number of halogens is 1. The Morgan fingerprint density at radius 2 is 1.43 bits per heavy atom. The Bertz CT molecular complexity index is 2050. The lowest BCUT2D eigenvalue weighted by Gasteiger charge is -2.48. The average molecular weight is 806 g/mol. The van der Waals surface area contributed by atoms with Gasteiger partial charge in [-0.15, -0.1) is 0 Å². The maximum Gasteiger partial charge on any atom is 0.335 e. The Hall–Kier alpha value is -4.85. The monoisotopic (exact) mass is 805 g/mol. The predicted octanol–water partition coefficient (Wildman–Crippen LogP) is 1.85. The van der Waals surface area contributed by atoms with Gasteiger partial charge in [0.2, 0.25) is 5.91 Å². The van der Waals surface area contributed by atoms with E-state index >= 15 is 0 Å². The maximum absolute atomic E-state index is 14.0. The summed E-state index contributed by atoms with van der Waals surface area (Å²) in [7, 11) is 0. The van der Waals surface area contributed by atoms with E-state index in [1.54, 1.807) is 77.7 Å². The molecule has 3 heterocycles. The number of aromatic hydroxyl groups is 1. The summed E-state index contributed by atoms with van der Waals surface area (Å²) in [4.78, 5) is 27.2. The first kappa shape index (κ1) is 41.3. The fourth-order valence-electron chi connectivity index (χ4n) is 7.93. The van der Waals surface area contributed by atoms with E-state index in [0.717, 1.165) is 0 Å². The number of β-lactam (4-membered cyclic amide) rings is 1. The van der Waals surface area contributed by atoms with E-state index in [1.807, 2.05) is 0 Å². The zero-order valence-electron chi connectivity index (χ0n) is 30.8. The molecule has 7 rings (SSSR count). The summed E-state index contributed by atoms with van der Waals surface area (Å²) in [5.41, 5.74) is 3.18. The summed E-state index contributed by atoms with van der Waals surface area (Å²) < 4.78 is 31.0. The van der Waals surface area contributed by atoms with E-state index < -0.39 is 97.7 Å². The molecule has 9 N–H and O–H groups in total. The van der Waals surface area contributed by atoms with Crippen LogP contribution in [-0.2, 0) is 23.8 Å². The third-order valence-electron chi connectivity index (χ3n) is 11.2. The molecular formula is C42H44FNO14. The summed E-state index contributed by atoms with van der Waals surface area (Å²) in [5.74, 6) is -3.24. The number of ether oxygens (including phenoxy) is 3. The number of hydrogen-bond acceptors (Lipinski definition) is 13. The number of benzene rings is 4. The van der Waals surface area contributed by atoms with Crippen molar-refractivity contribution in [2.45, 2.75) is 86.2 Å². The first-order valence-electron chi connectivity index (χ1n) is 18.7. The number of nitrogens with zero attached hydrogens (tertiary/aromatic N) is 1. The van der Waals surface area contributed by atoms with E-state index in [1.165, 1.54) is 24.3 Å². The number of aliphatic carboxylic acids is 1. The van der Waals surface area contributed by atoms with Crippen LogP contribution in [0.4, 0.5) is 10.1 Å². The Morgan fingerprint density at radius 3 is 2.07 bits per heavy atom. The second kappa shape index (κ2) is 17.2. The fourth-order valence-corrected chi connectivity index (χ4v) is 7.93. The highest BCUT2D eigenvalue weighted by molar-refractivity contribution is 6.03. The third kappa shape index (κ3) is 7.96. The van der Waals surface area contributed by atoms with Gasteiger partial charge >= 0.3 is 5.97 Å². The van der Waals surface area contributed by atoms with Gasteiger partial charge in [0, 0.05) is 11.3 Å². The molecule has 0 spiro atoms. The van der Waals surface area contributed by atoms with E-state index in [0.29, 0.717) is 33.5 Å². The molecule has 3 aliphatic heterocycles. The highest BCUT2D eigenvalue weighted by Crippen LogP contribution is 2.49. The molecule has 0 bridgehead atoms. The molecule has 4 aromatic rings. The standard InChI is InChI=1S/C42H44FNO14/c43-24-13-10-21(11-14-24)29(57-42-37(52)34(49)36(51)39(58-42)41(54)55)17-16-27-31(44(40(27)53)25-4-2-1-3-5-25)26-15-12-23(18-28(26)46)20-6-8-22(9-7-20)38-35(50)33(48)32(47)30(19-45)56-38/h1-15,18,27,29-39,42,45-52H,16-17,19H2,(H,54,55)/t27-,29+,30-,31-,32-,33+,34+,35-,36+,37-,38+,39+,42-/m1/s1. The van der Waals surface area contributed by atoms with Gasteiger partial charge in [-0.1, -0.05) is 66.7 Å². The lowest BCUT2D eigenvalue weighted by Crippen LogP contribution is -2.60. The van der Waals surface area contributed by atoms with Gasteiger partial charge in [-0.2, -0.15) is 0 Å². The van der Waals surface area contributed by atoms with Gasteiger partial charge in [-0.05, 0) is 65.4 Å². The Balaban J connectivity index is 1.14. The fraction of sp³-hybridized carbons (Fsp3) is 0.381. The SMILES string of the molecule is O=C(O)[C@H]1O[C@@H](O[C@@H](CC[C@H]2C(=O)N(c3ccccc3)[C@@H]2c2ccc(-c3ccc([C@@H]4O[C@H](CO)[C@@H](O)[C@H](O)[C@H]4O)cc3)cc2O)c2ccc(F)cc2)[C@H](O)[C@@H](O)[C@@H]1O. The lowest BCUT2D eigenvalue weighted by atomic mass is 9.77. The summed E-state index contributed by atoms with van der Waals surface area (Å²) >= 11 is 0. The van der Waals surface area contributed by atoms with E-state index in [-0.39, 0.29) is 24.5 Å². The van der Waals surface area contributed by atoms with Crippen molar-refractivity contribution in [2.24, 2.45) is 5.92 Å². The van der Waals surface area contributed by atoms with Crippen LogP contribution < -0.4 is 4.90 Å². The molecular weight excluding hydrogens is 761 g/mol. The number of carboxylic acids is 1. The van der Waals surface area contributed by atoms with Crippen LogP contribution in [0, 0.1) is 11.7 Å². The number of phenolic OH excluding ortho intramolecular Hbond substituents is 1. The van der Waals surface area contributed by atoms with Gasteiger partial charge in [0.05, 0.1) is 24.7 Å². The molecule has 16 heteroatoms. The number of aliphatic hydroxyl groups is 7. The van der Waals surface area contributed by atoms with Gasteiger partial charge in [0.15, 0.2) is 12.4 Å². The van der Waals surface area contributed by atoms with Crippen LogP contribution in [0.25, 0.3) is 11.1 Å². The molecule has 0 aliphatic carbocycles. The van der Waals surface area contributed by atoms with Crippen LogP contribution in [-0.4, -0.2) is 120 Å². The van der Waals surface area contributed by atoms with Crippen molar-refractivity contribution in [3.8, 4) is 16.9 Å². The predicted molar refractivity (Wildman–Crippen MR) is 200 cm³/mol. The smallest absolute Gasteiger partial charge is 0.335 e. The van der Waals surface area contributed by atoms with Crippen LogP contribution >= 0.6 is 0 Å². The second-order valence-electron chi connectivity index (χ2n) is 14.7. The van der Waals surface area contributed by atoms with Crippen molar-refractivity contribution in [3.05, 3.63) is 120 Å². The Kier molecular flexibility index (Phi) is 12.2. The molecule has 15 nitrogen and oxygen atoms in total. The largest absolute Gasteiger partial charge is 0.508 e. The number of carbonyl (C=O) groups excluding carboxylic acids is 1. The van der Waals surface area contributed by atoms with Crippen molar-refractivity contribution < 1.29 is 74.1 Å². The van der Waals surface area contributed by atoms with Crippen molar-refractivity contribution >= 4 is 17.6 Å². The molecule has 0 radical (unpaired) electrons. The summed E-state index contributed by atoms with van der Waals surface area (Å²) in [6, 6.07) is 25.2. The number of phenols is 1. The number of anilines is 1. The quantitative estimate of drug-likeness (QED) is 0.0929. The topological polar surface area (TPSA) is 247 Å². The summed E-state index contributed by atoms with van der Waals surface area (Å²) in [5, 5.41) is 92.9. The summed E-state index contributed by atoms with van der Waals surface area (Å²) in [6.45, 7) is -0.561. The highest BCUT2D eigenvalue weighted by atomic mass is 19.1. The minimum atomic E-state index is -1.94. The molecule has 3 aliphatic rings. The summed E-state index contributed by atoms with van der Waals surface area (Å²) in [6.07, 6.45) is -16.7. The van der Waals surface area contributed by atoms with Crippen molar-refractivity contribution in [1.82, 2.24) is 0 Å². The molecule has 3 fully saturated rings. The zero-order chi connectivity index (χ0) is 41.4. The average Bonchev–Trinajstić information content (AvgIpc) is 3.22. The Morgan fingerprint density at radius 1 is 0.776 bits per heavy atom. The number of aliphatic hydroxyl groups excluding tert-OH is 7. The number of para-hydroxylation sites is 1. The molecule has 58 heavy (non-hydrogen) atoms. The van der Waals surface area contributed by atoms with Crippen molar-refractivity contribution in [2.75, 3.05) is 11.5 Å². The number of carbonyl (C=O) groups is 2. The van der Waals surface area contributed by atoms with Gasteiger partial charge in [-0.3, -0.25) is 4.79 Å². The minimum Gasteiger partial charge on any atom is -0.508 e. The Labute approximate surface area is 331 Å². The van der Waals surface area contributed by atoms with Gasteiger partial charge in [-0.25, -0.2) is 9.18 Å². The molecule has 0 unspecified atom stereocenters. The van der Waals surface area contributed by atoms with Crippen LogP contribution in [0.3, 0.4) is 0 Å². The van der Waals surface area contributed by atoms with Crippen LogP contribution in [0.1, 0.15) is 47.8 Å². The van der Waals surface area contributed by atoms with Gasteiger partial charge < -0.3 is 65.1 Å². The number of rotatable bonds is 12. The van der Waals surface area contributed by atoms with E-state index in [2.05, 4.69) is 0 Å². The second-order valence-corrected chi connectivity index (χ2v) is 14.7. The van der Waals surface area contributed by atoms with E-state index in [9.17, 15) is 59.9 Å². The van der Waals surface area contributed by atoms with Crippen LogP contribution in [0.15, 0.2) is 97.1 Å². The van der Waals surface area contributed by atoms with E-state index in [4.69, 9.17) is 14.2 Å². The van der Waals surface area contributed by atoms with Gasteiger partial charge in [0.1, 0.15) is 60.4 Å². The van der Waals surface area contributed by atoms with Gasteiger partial charge in [0.25, 0.3) is 0 Å². The molecule has 1 amide bonds. The zero-order valence-corrected chi connectivity index (χ0v) is 30.8. The molecule has 0 aromatic heterocycles. The van der Waals surface area contributed by atoms with Crippen LogP contribution in [0.5, 0.6) is 5.75 Å². The lowest BCUT2D eigenvalue weighted by molar-refractivity contribution is -0.306. The first-order chi connectivity index (χ1) is 27.8. The molecule has 0 saturated carbocycles. The number of hydrogen-bond donors (Lipinski definition) is 9. The molecule has 13 atom stereocenters. The number of carboxylic acid groups (broad SMARTS) is 1. The van der Waals surface area contributed by atoms with Crippen LogP contribution in [0.2, 0.25) is 0 Å². The third-order valence-corrected chi connectivity index (χ3v) is 11.2. The number of amides is 1. The minimum absolute atomic E-state index is 0.0593. The highest BCUT2D eigenvalue weighted by Gasteiger charge is 2.51. The first-order valence-corrected chi connectivity index (χ1v) is 18.7. The normalized spacial score (nSPS) is 31.7. The van der Waals surface area contributed by atoms with Crippen molar-refractivity contribution in [3.63, 3.8) is 0 Å². The maximum atomic E-state index is 14.0. The molecule has 308 valence electrons.